The first-order chi connectivity index (χ1) is 10.6. The van der Waals surface area contributed by atoms with Gasteiger partial charge in [0.15, 0.2) is 0 Å². The molecule has 22 heavy (non-hydrogen) atoms. The number of ether oxygens (including phenoxy) is 2. The number of carbonyl (C=O) groups excluding carboxylic acids is 2. The van der Waals surface area contributed by atoms with E-state index >= 15 is 0 Å². The van der Waals surface area contributed by atoms with Crippen molar-refractivity contribution in [1.82, 2.24) is 0 Å². The SMILES string of the molecule is [CH2]CCCCCCCCC1=C(C)C(=O)C(OC)=C(OC)C1=O. The van der Waals surface area contributed by atoms with Crippen LogP contribution in [0.5, 0.6) is 0 Å². The summed E-state index contributed by atoms with van der Waals surface area (Å²) in [5.41, 5.74) is 1.06. The van der Waals surface area contributed by atoms with Gasteiger partial charge in [-0.1, -0.05) is 45.4 Å². The van der Waals surface area contributed by atoms with Crippen molar-refractivity contribution in [2.24, 2.45) is 0 Å². The fourth-order valence-corrected chi connectivity index (χ4v) is 2.68. The van der Waals surface area contributed by atoms with E-state index in [0.29, 0.717) is 17.6 Å². The van der Waals surface area contributed by atoms with E-state index in [0.717, 1.165) is 25.7 Å². The Kier molecular flexibility index (Phi) is 7.92. The highest BCUT2D eigenvalue weighted by Crippen LogP contribution is 2.28. The predicted molar refractivity (Wildman–Crippen MR) is 86.1 cm³/mol. The number of allylic oxidation sites excluding steroid dienone is 2. The average Bonchev–Trinajstić information content (AvgIpc) is 2.52. The van der Waals surface area contributed by atoms with Gasteiger partial charge in [-0.05, 0) is 19.8 Å². The van der Waals surface area contributed by atoms with E-state index in [1.807, 2.05) is 0 Å². The number of hydrogen-bond donors (Lipinski definition) is 0. The summed E-state index contributed by atoms with van der Waals surface area (Å²) in [5.74, 6) is -0.414. The summed E-state index contributed by atoms with van der Waals surface area (Å²) in [6.07, 6.45) is 8.36. The number of hydrogen-bond acceptors (Lipinski definition) is 4. The molecular formula is C18H27O4. The zero-order chi connectivity index (χ0) is 16.5. The minimum absolute atomic E-state index is 0.0157. The van der Waals surface area contributed by atoms with Gasteiger partial charge in [-0.15, -0.1) is 0 Å². The Morgan fingerprint density at radius 3 is 1.86 bits per heavy atom. The lowest BCUT2D eigenvalue weighted by atomic mass is 9.89. The molecule has 1 aliphatic rings. The van der Waals surface area contributed by atoms with Crippen molar-refractivity contribution in [3.05, 3.63) is 29.6 Å². The van der Waals surface area contributed by atoms with Crippen LogP contribution in [0.3, 0.4) is 0 Å². The Bertz CT molecular complexity index is 471. The molecule has 0 heterocycles. The topological polar surface area (TPSA) is 52.6 Å². The largest absolute Gasteiger partial charge is 0.489 e. The van der Waals surface area contributed by atoms with Crippen molar-refractivity contribution in [2.45, 2.75) is 58.3 Å². The number of ketones is 2. The van der Waals surface area contributed by atoms with Crippen LogP contribution < -0.4 is 0 Å². The second-order valence-electron chi connectivity index (χ2n) is 5.55. The summed E-state index contributed by atoms with van der Waals surface area (Å²) >= 11 is 0. The quantitative estimate of drug-likeness (QED) is 0.453. The molecule has 0 aromatic heterocycles. The summed E-state index contributed by atoms with van der Waals surface area (Å²) in [6, 6.07) is 0. The Hall–Kier alpha value is -1.58. The molecule has 0 aromatic carbocycles. The molecule has 123 valence electrons. The van der Waals surface area contributed by atoms with E-state index in [2.05, 4.69) is 6.92 Å². The standard InChI is InChI=1S/C18H27O4/c1-5-6-7-8-9-10-11-12-14-13(2)15(19)17(21-3)18(22-4)16(14)20/h1,5-12H2,2-4H3. The van der Waals surface area contributed by atoms with Crippen molar-refractivity contribution in [3.8, 4) is 0 Å². The Labute approximate surface area is 133 Å². The van der Waals surface area contributed by atoms with E-state index in [4.69, 9.17) is 9.47 Å². The molecule has 0 aromatic rings. The molecule has 4 heteroatoms. The van der Waals surface area contributed by atoms with Crippen LogP contribution in [0.25, 0.3) is 0 Å². The monoisotopic (exact) mass is 307 g/mol. The van der Waals surface area contributed by atoms with E-state index in [9.17, 15) is 9.59 Å². The van der Waals surface area contributed by atoms with Crippen LogP contribution in [0.1, 0.15) is 58.3 Å². The highest BCUT2D eigenvalue weighted by molar-refractivity contribution is 6.23. The summed E-state index contributed by atoms with van der Waals surface area (Å²) in [7, 11) is 2.77. The predicted octanol–water partition coefficient (Wildman–Crippen LogP) is 3.91. The minimum Gasteiger partial charge on any atom is -0.489 e. The highest BCUT2D eigenvalue weighted by atomic mass is 16.5. The highest BCUT2D eigenvalue weighted by Gasteiger charge is 2.34. The van der Waals surface area contributed by atoms with Crippen LogP contribution in [-0.2, 0) is 19.1 Å². The van der Waals surface area contributed by atoms with Gasteiger partial charge in [0.25, 0.3) is 0 Å². The summed E-state index contributed by atoms with van der Waals surface area (Å²) < 4.78 is 10.1. The molecule has 0 N–H and O–H groups in total. The molecule has 0 aliphatic heterocycles. The van der Waals surface area contributed by atoms with Gasteiger partial charge in [-0.2, -0.15) is 0 Å². The number of Topliss-reactive ketones (excluding diaryl/α,β-unsaturated/α-hetero) is 2. The molecule has 0 saturated heterocycles. The number of carbonyl (C=O) groups is 2. The average molecular weight is 307 g/mol. The van der Waals surface area contributed by atoms with Gasteiger partial charge in [0.1, 0.15) is 0 Å². The van der Waals surface area contributed by atoms with Crippen molar-refractivity contribution in [2.75, 3.05) is 14.2 Å². The molecule has 4 nitrogen and oxygen atoms in total. The maximum Gasteiger partial charge on any atom is 0.228 e. The van der Waals surface area contributed by atoms with Gasteiger partial charge in [-0.3, -0.25) is 9.59 Å². The number of methoxy groups -OCH3 is 2. The van der Waals surface area contributed by atoms with E-state index in [1.165, 1.54) is 33.5 Å². The lowest BCUT2D eigenvalue weighted by Crippen LogP contribution is -2.25. The van der Waals surface area contributed by atoms with Crippen LogP contribution in [0.2, 0.25) is 0 Å². The maximum atomic E-state index is 12.4. The molecule has 1 radical (unpaired) electrons. The van der Waals surface area contributed by atoms with Gasteiger partial charge in [0.05, 0.1) is 14.2 Å². The third-order valence-corrected chi connectivity index (χ3v) is 4.02. The molecule has 0 unspecified atom stereocenters. The van der Waals surface area contributed by atoms with Gasteiger partial charge in [0, 0.05) is 11.1 Å². The Morgan fingerprint density at radius 1 is 0.818 bits per heavy atom. The summed E-state index contributed by atoms with van der Waals surface area (Å²) in [6.45, 7) is 5.52. The molecule has 0 amide bonds. The van der Waals surface area contributed by atoms with Crippen molar-refractivity contribution in [3.63, 3.8) is 0 Å². The van der Waals surface area contributed by atoms with Gasteiger partial charge in [-0.25, -0.2) is 0 Å². The molecule has 0 spiro atoms. The second kappa shape index (κ2) is 9.44. The van der Waals surface area contributed by atoms with Gasteiger partial charge in [0.2, 0.25) is 23.1 Å². The van der Waals surface area contributed by atoms with Crippen molar-refractivity contribution in [1.29, 1.82) is 0 Å². The van der Waals surface area contributed by atoms with Crippen LogP contribution in [0.15, 0.2) is 22.7 Å². The summed E-state index contributed by atoms with van der Waals surface area (Å²) in [4.78, 5) is 24.6. The van der Waals surface area contributed by atoms with E-state index in [-0.39, 0.29) is 23.1 Å². The minimum atomic E-state index is -0.246. The molecule has 1 rings (SSSR count). The van der Waals surface area contributed by atoms with Crippen molar-refractivity contribution < 1.29 is 19.1 Å². The number of rotatable bonds is 10. The maximum absolute atomic E-state index is 12.4. The third-order valence-electron chi connectivity index (χ3n) is 4.02. The van der Waals surface area contributed by atoms with Crippen LogP contribution >= 0.6 is 0 Å². The first-order valence-electron chi connectivity index (χ1n) is 7.99. The van der Waals surface area contributed by atoms with Crippen molar-refractivity contribution >= 4 is 11.6 Å². The summed E-state index contributed by atoms with van der Waals surface area (Å²) in [5, 5.41) is 0. The van der Waals surface area contributed by atoms with E-state index in [1.54, 1.807) is 6.92 Å². The molecule has 0 bridgehead atoms. The molecule has 0 saturated carbocycles. The first kappa shape index (κ1) is 18.5. The molecular weight excluding hydrogens is 280 g/mol. The number of unbranched alkanes of at least 4 members (excludes halogenated alkanes) is 6. The molecule has 0 atom stereocenters. The van der Waals surface area contributed by atoms with Crippen LogP contribution in [-0.4, -0.2) is 25.8 Å². The van der Waals surface area contributed by atoms with Gasteiger partial charge < -0.3 is 9.47 Å². The van der Waals surface area contributed by atoms with Crippen LogP contribution in [0.4, 0.5) is 0 Å². The smallest absolute Gasteiger partial charge is 0.228 e. The zero-order valence-electron chi connectivity index (χ0n) is 14.0. The molecule has 1 aliphatic carbocycles. The second-order valence-corrected chi connectivity index (χ2v) is 5.55. The lowest BCUT2D eigenvalue weighted by Gasteiger charge is -2.20. The normalized spacial score (nSPS) is 15.6. The zero-order valence-corrected chi connectivity index (χ0v) is 14.0. The molecule has 0 fully saturated rings. The third kappa shape index (κ3) is 4.46. The lowest BCUT2D eigenvalue weighted by molar-refractivity contribution is -0.121. The van der Waals surface area contributed by atoms with E-state index < -0.39 is 0 Å². The fraction of sp³-hybridized carbons (Fsp3) is 0.611. The van der Waals surface area contributed by atoms with Gasteiger partial charge >= 0.3 is 0 Å². The Morgan fingerprint density at radius 2 is 1.32 bits per heavy atom. The Balaban J connectivity index is 2.58. The first-order valence-corrected chi connectivity index (χ1v) is 7.99. The fourth-order valence-electron chi connectivity index (χ4n) is 2.68. The van der Waals surface area contributed by atoms with Crippen LogP contribution in [0, 0.1) is 6.92 Å².